The van der Waals surface area contributed by atoms with Crippen LogP contribution < -0.4 is 0 Å². The molecule has 0 rings (SSSR count). The molecule has 0 saturated carbocycles. The van der Waals surface area contributed by atoms with Gasteiger partial charge in [0.25, 0.3) is 5.12 Å². The molecular weight excluding hydrogens is 146 g/mol. The van der Waals surface area contributed by atoms with E-state index in [9.17, 15) is 13.6 Å². The molecule has 0 bridgehead atoms. The number of rotatable bonds is 2. The van der Waals surface area contributed by atoms with Gasteiger partial charge in [-0.2, -0.15) is 8.78 Å². The molecule has 0 aliphatic rings. The molecule has 0 aromatic carbocycles. The van der Waals surface area contributed by atoms with Crippen molar-refractivity contribution in [1.29, 1.82) is 0 Å². The molecule has 1 nitrogen and oxygen atoms in total. The molecule has 0 heterocycles. The molecule has 0 aromatic rings. The van der Waals surface area contributed by atoms with E-state index in [1.54, 1.807) is 6.92 Å². The normalized spacial score (nSPS) is 11.6. The first kappa shape index (κ1) is 8.88. The van der Waals surface area contributed by atoms with Crippen LogP contribution in [0.25, 0.3) is 0 Å². The maximum atomic E-state index is 11.9. The summed E-state index contributed by atoms with van der Waals surface area (Å²) in [5.41, 5.74) is 0. The number of hydrogen-bond donors (Lipinski definition) is 0. The summed E-state index contributed by atoms with van der Waals surface area (Å²) in [6.07, 6.45) is 0. The van der Waals surface area contributed by atoms with Crippen LogP contribution in [0, 0.1) is 0 Å². The van der Waals surface area contributed by atoms with Crippen molar-refractivity contribution in [2.75, 3.05) is 5.75 Å². The zero-order valence-electron chi connectivity index (χ0n) is 5.28. The molecule has 54 valence electrons. The highest BCUT2D eigenvalue weighted by Crippen LogP contribution is 2.20. The third kappa shape index (κ3) is 3.46. The van der Waals surface area contributed by atoms with E-state index in [-0.39, 0.29) is 0 Å². The third-order valence-corrected chi connectivity index (χ3v) is 1.54. The van der Waals surface area contributed by atoms with Gasteiger partial charge in [0.15, 0.2) is 0 Å². The van der Waals surface area contributed by atoms with Crippen LogP contribution in [0.1, 0.15) is 13.8 Å². The second-order valence-corrected chi connectivity index (χ2v) is 2.85. The topological polar surface area (TPSA) is 17.1 Å². The number of carbonyl (C=O) groups excluding carboxylic acids is 1. The van der Waals surface area contributed by atoms with Crippen LogP contribution in [0.15, 0.2) is 0 Å². The van der Waals surface area contributed by atoms with Gasteiger partial charge in [-0.3, -0.25) is 4.79 Å². The Hall–Kier alpha value is -0.120. The van der Waals surface area contributed by atoms with Gasteiger partial charge >= 0.3 is 5.92 Å². The highest BCUT2D eigenvalue weighted by Gasteiger charge is 2.31. The van der Waals surface area contributed by atoms with Crippen molar-refractivity contribution in [3.8, 4) is 0 Å². The fraction of sp³-hybridized carbons (Fsp3) is 0.800. The highest BCUT2D eigenvalue weighted by molar-refractivity contribution is 8.13. The molecule has 0 saturated heterocycles. The van der Waals surface area contributed by atoms with E-state index in [0.717, 1.165) is 0 Å². The number of thioether (sulfide) groups is 1. The summed E-state index contributed by atoms with van der Waals surface area (Å²) >= 11 is 0.649. The van der Waals surface area contributed by atoms with Crippen LogP contribution in [0.4, 0.5) is 8.78 Å². The lowest BCUT2D eigenvalue weighted by Crippen LogP contribution is -2.20. The van der Waals surface area contributed by atoms with E-state index < -0.39 is 11.0 Å². The SMILES string of the molecule is CCSC(=O)C(C)(F)F. The molecule has 4 heteroatoms. The summed E-state index contributed by atoms with van der Waals surface area (Å²) in [5, 5.41) is -1.05. The first-order valence-corrected chi connectivity index (χ1v) is 3.52. The van der Waals surface area contributed by atoms with Gasteiger partial charge in [0.05, 0.1) is 0 Å². The monoisotopic (exact) mass is 154 g/mol. The van der Waals surface area contributed by atoms with Crippen molar-refractivity contribution < 1.29 is 13.6 Å². The Morgan fingerprint density at radius 2 is 2.11 bits per heavy atom. The summed E-state index contributed by atoms with van der Waals surface area (Å²) < 4.78 is 23.9. The maximum absolute atomic E-state index is 11.9. The molecule has 0 unspecified atom stereocenters. The van der Waals surface area contributed by atoms with E-state index in [4.69, 9.17) is 0 Å². The van der Waals surface area contributed by atoms with Crippen LogP contribution in [0.3, 0.4) is 0 Å². The number of alkyl halides is 2. The van der Waals surface area contributed by atoms with Crippen LogP contribution in [0.5, 0.6) is 0 Å². The van der Waals surface area contributed by atoms with Gasteiger partial charge in [-0.25, -0.2) is 0 Å². The first-order valence-electron chi connectivity index (χ1n) is 2.53. The predicted octanol–water partition coefficient (Wildman–Crippen LogP) is 1.92. The predicted molar refractivity (Wildman–Crippen MR) is 33.8 cm³/mol. The van der Waals surface area contributed by atoms with E-state index >= 15 is 0 Å². The van der Waals surface area contributed by atoms with E-state index in [1.165, 1.54) is 0 Å². The average molecular weight is 154 g/mol. The Balaban J connectivity index is 3.74. The van der Waals surface area contributed by atoms with Crippen LogP contribution in [-0.4, -0.2) is 16.8 Å². The van der Waals surface area contributed by atoms with Crippen molar-refractivity contribution in [2.24, 2.45) is 0 Å². The molecule has 0 atom stereocenters. The second-order valence-electron chi connectivity index (χ2n) is 1.61. The van der Waals surface area contributed by atoms with E-state index in [0.29, 0.717) is 24.4 Å². The summed E-state index contributed by atoms with van der Waals surface area (Å²) in [4.78, 5) is 10.3. The second kappa shape index (κ2) is 3.15. The molecule has 0 aromatic heterocycles. The lowest BCUT2D eigenvalue weighted by atomic mass is 10.4. The standard InChI is InChI=1S/C5H8F2OS/c1-3-9-4(8)5(2,6)7/h3H2,1-2H3. The number of hydrogen-bond acceptors (Lipinski definition) is 2. The lowest BCUT2D eigenvalue weighted by molar-refractivity contribution is -0.130. The van der Waals surface area contributed by atoms with Crippen molar-refractivity contribution >= 4 is 16.9 Å². The molecule has 0 N–H and O–H groups in total. The summed E-state index contributed by atoms with van der Waals surface area (Å²) in [6, 6.07) is 0. The summed E-state index contributed by atoms with van der Waals surface area (Å²) in [5.74, 6) is -2.76. The smallest absolute Gasteiger partial charge is 0.280 e. The molecule has 0 aliphatic carbocycles. The van der Waals surface area contributed by atoms with Gasteiger partial charge in [-0.15, -0.1) is 0 Å². The van der Waals surface area contributed by atoms with Crippen LogP contribution in [0.2, 0.25) is 0 Å². The molecular formula is C5H8F2OS. The minimum atomic E-state index is -3.17. The Morgan fingerprint density at radius 3 is 2.22 bits per heavy atom. The van der Waals surface area contributed by atoms with Gasteiger partial charge in [0.2, 0.25) is 0 Å². The Kier molecular flexibility index (Phi) is 3.11. The molecule has 0 fully saturated rings. The van der Waals surface area contributed by atoms with Crippen LogP contribution in [-0.2, 0) is 4.79 Å². The Morgan fingerprint density at radius 1 is 1.67 bits per heavy atom. The zero-order valence-corrected chi connectivity index (χ0v) is 6.10. The Bertz CT molecular complexity index is 108. The fourth-order valence-electron chi connectivity index (χ4n) is 0.258. The summed E-state index contributed by atoms with van der Waals surface area (Å²) in [7, 11) is 0. The average Bonchev–Trinajstić information content (AvgIpc) is 1.64. The van der Waals surface area contributed by atoms with E-state index in [1.807, 2.05) is 0 Å². The molecule has 9 heavy (non-hydrogen) atoms. The van der Waals surface area contributed by atoms with Crippen LogP contribution >= 0.6 is 11.8 Å². The van der Waals surface area contributed by atoms with Gasteiger partial charge < -0.3 is 0 Å². The third-order valence-electron chi connectivity index (χ3n) is 0.634. The zero-order chi connectivity index (χ0) is 7.49. The number of halogens is 2. The molecule has 0 aliphatic heterocycles. The Labute approximate surface area is 56.8 Å². The van der Waals surface area contributed by atoms with Gasteiger partial charge in [0, 0.05) is 6.92 Å². The van der Waals surface area contributed by atoms with Crippen molar-refractivity contribution in [2.45, 2.75) is 19.8 Å². The van der Waals surface area contributed by atoms with Gasteiger partial charge in [0.1, 0.15) is 0 Å². The maximum Gasteiger partial charge on any atom is 0.312 e. The molecule has 0 amide bonds. The van der Waals surface area contributed by atoms with Crippen molar-refractivity contribution in [1.82, 2.24) is 0 Å². The van der Waals surface area contributed by atoms with Gasteiger partial charge in [-0.1, -0.05) is 18.7 Å². The summed E-state index contributed by atoms with van der Waals surface area (Å²) in [6.45, 7) is 2.27. The minimum absolute atomic E-state index is 0.405. The fourth-order valence-corrected chi connectivity index (χ4v) is 0.773. The first-order chi connectivity index (χ1) is 3.98. The lowest BCUT2D eigenvalue weighted by Gasteiger charge is -2.05. The number of carbonyl (C=O) groups is 1. The van der Waals surface area contributed by atoms with E-state index in [2.05, 4.69) is 0 Å². The molecule has 0 spiro atoms. The molecule has 0 radical (unpaired) electrons. The highest BCUT2D eigenvalue weighted by atomic mass is 32.2. The quantitative estimate of drug-likeness (QED) is 0.604. The van der Waals surface area contributed by atoms with Crippen molar-refractivity contribution in [3.63, 3.8) is 0 Å². The largest absolute Gasteiger partial charge is 0.312 e. The van der Waals surface area contributed by atoms with Gasteiger partial charge in [-0.05, 0) is 5.75 Å². The van der Waals surface area contributed by atoms with Crippen molar-refractivity contribution in [3.05, 3.63) is 0 Å². The minimum Gasteiger partial charge on any atom is -0.280 e.